The molecule has 44 heavy (non-hydrogen) atoms. The van der Waals surface area contributed by atoms with Crippen LogP contribution in [0.1, 0.15) is 105 Å². The predicted octanol–water partition coefficient (Wildman–Crippen LogP) is 7.49. The van der Waals surface area contributed by atoms with Crippen molar-refractivity contribution in [2.24, 2.45) is 34.5 Å². The van der Waals surface area contributed by atoms with Gasteiger partial charge in [-0.25, -0.2) is 0 Å². The average molecular weight is 613 g/mol. The Kier molecular flexibility index (Phi) is 10.8. The molecule has 7 nitrogen and oxygen atoms in total. The van der Waals surface area contributed by atoms with Crippen molar-refractivity contribution in [1.29, 1.82) is 0 Å². The summed E-state index contributed by atoms with van der Waals surface area (Å²) in [6.45, 7) is 11.2. The first-order valence-corrected chi connectivity index (χ1v) is 17.2. The summed E-state index contributed by atoms with van der Waals surface area (Å²) in [6, 6.07) is 0. The predicted molar refractivity (Wildman–Crippen MR) is 170 cm³/mol. The van der Waals surface area contributed by atoms with Crippen LogP contribution in [0.4, 0.5) is 0 Å². The normalized spacial score (nSPS) is 40.0. The van der Waals surface area contributed by atoms with Crippen LogP contribution >= 0.6 is 0 Å². The molecule has 3 saturated carbocycles. The number of fused-ring (bicyclic) bond motifs is 5. The van der Waals surface area contributed by atoms with Crippen molar-refractivity contribution in [2.75, 3.05) is 20.3 Å². The second-order valence-electron chi connectivity index (χ2n) is 14.7. The highest BCUT2D eigenvalue weighted by Crippen LogP contribution is 2.67. The van der Waals surface area contributed by atoms with Gasteiger partial charge < -0.3 is 23.7 Å². The number of esters is 2. The van der Waals surface area contributed by atoms with Crippen molar-refractivity contribution in [1.82, 2.24) is 0 Å². The Bertz CT molecular complexity index is 1120. The lowest BCUT2D eigenvalue weighted by Gasteiger charge is -2.58. The van der Waals surface area contributed by atoms with Crippen LogP contribution in [0.3, 0.4) is 0 Å². The van der Waals surface area contributed by atoms with Gasteiger partial charge in [0.2, 0.25) is 0 Å². The lowest BCUT2D eigenvalue weighted by molar-refractivity contribution is -0.213. The van der Waals surface area contributed by atoms with Crippen molar-refractivity contribution in [2.45, 2.75) is 130 Å². The van der Waals surface area contributed by atoms with Crippen LogP contribution < -0.4 is 0 Å². The second kappa shape index (κ2) is 14.2. The molecule has 246 valence electrons. The SMILES string of the molecule is COCCCC/C=C(\C)[C@H]1CC[C@H]2[C@@H]3CC=C4C[C@@H](OC5C=C[C@@H](OC(C)=O)[C@@H](COC(C)=O)O5)CC[C@]4(C)[C@H]3CC[C@]12C. The van der Waals surface area contributed by atoms with Gasteiger partial charge in [-0.15, -0.1) is 0 Å². The summed E-state index contributed by atoms with van der Waals surface area (Å²) in [6.07, 6.45) is 20.3. The number of hydrogen-bond acceptors (Lipinski definition) is 7. The highest BCUT2D eigenvalue weighted by atomic mass is 16.7. The summed E-state index contributed by atoms with van der Waals surface area (Å²) < 4.78 is 28.4. The molecule has 0 saturated heterocycles. The Morgan fingerprint density at radius 1 is 1.00 bits per heavy atom. The fourth-order valence-electron chi connectivity index (χ4n) is 9.88. The molecular weight excluding hydrogens is 556 g/mol. The second-order valence-corrected chi connectivity index (χ2v) is 14.7. The first kappa shape index (κ1) is 33.4. The van der Waals surface area contributed by atoms with Crippen molar-refractivity contribution in [3.05, 3.63) is 35.5 Å². The lowest BCUT2D eigenvalue weighted by atomic mass is 9.47. The fourth-order valence-corrected chi connectivity index (χ4v) is 9.88. The van der Waals surface area contributed by atoms with Crippen LogP contribution in [0.15, 0.2) is 35.5 Å². The van der Waals surface area contributed by atoms with Crippen LogP contribution in [-0.4, -0.2) is 56.9 Å². The van der Waals surface area contributed by atoms with Gasteiger partial charge in [-0.2, -0.15) is 0 Å². The molecule has 1 heterocycles. The van der Waals surface area contributed by atoms with E-state index in [1.165, 1.54) is 58.8 Å². The highest BCUT2D eigenvalue weighted by Gasteiger charge is 2.58. The maximum atomic E-state index is 11.6. The molecule has 10 atom stereocenters. The quantitative estimate of drug-likeness (QED) is 0.136. The van der Waals surface area contributed by atoms with Gasteiger partial charge >= 0.3 is 11.9 Å². The third kappa shape index (κ3) is 7.05. The first-order valence-electron chi connectivity index (χ1n) is 17.2. The number of unbranched alkanes of at least 4 members (excludes halogenated alkanes) is 2. The topological polar surface area (TPSA) is 80.3 Å². The Hall–Kier alpha value is -1.96. The lowest BCUT2D eigenvalue weighted by Crippen LogP contribution is -2.51. The summed E-state index contributed by atoms with van der Waals surface area (Å²) in [5, 5.41) is 0. The molecule has 4 aliphatic carbocycles. The van der Waals surface area contributed by atoms with Gasteiger partial charge in [-0.1, -0.05) is 37.1 Å². The minimum absolute atomic E-state index is 0.0130. The van der Waals surface area contributed by atoms with E-state index in [9.17, 15) is 9.59 Å². The Morgan fingerprint density at radius 2 is 1.82 bits per heavy atom. The number of hydrogen-bond donors (Lipinski definition) is 0. The fraction of sp³-hybridized carbons (Fsp3) is 0.784. The molecule has 0 amide bonds. The van der Waals surface area contributed by atoms with Crippen LogP contribution in [0.2, 0.25) is 0 Å². The van der Waals surface area contributed by atoms with Crippen LogP contribution in [0, 0.1) is 34.5 Å². The zero-order chi connectivity index (χ0) is 31.5. The van der Waals surface area contributed by atoms with Crippen LogP contribution in [0.5, 0.6) is 0 Å². The van der Waals surface area contributed by atoms with Crippen molar-refractivity contribution in [3.8, 4) is 0 Å². The van der Waals surface area contributed by atoms with Crippen molar-refractivity contribution < 1.29 is 33.3 Å². The number of carbonyl (C=O) groups excluding carboxylic acids is 2. The highest BCUT2D eigenvalue weighted by molar-refractivity contribution is 5.66. The largest absolute Gasteiger partial charge is 0.463 e. The molecule has 0 aromatic heterocycles. The van der Waals surface area contributed by atoms with E-state index in [1.54, 1.807) is 24.3 Å². The van der Waals surface area contributed by atoms with Gasteiger partial charge in [-0.3, -0.25) is 9.59 Å². The maximum absolute atomic E-state index is 11.6. The third-order valence-electron chi connectivity index (χ3n) is 12.1. The molecule has 3 fully saturated rings. The molecular formula is C37H56O7. The van der Waals surface area contributed by atoms with E-state index in [-0.39, 0.29) is 18.1 Å². The molecule has 0 radical (unpaired) electrons. The van der Waals surface area contributed by atoms with Gasteiger partial charge in [0.05, 0.1) is 6.10 Å². The van der Waals surface area contributed by atoms with Gasteiger partial charge in [0.15, 0.2) is 6.29 Å². The van der Waals surface area contributed by atoms with Gasteiger partial charge in [0.1, 0.15) is 18.8 Å². The molecule has 0 bridgehead atoms. The summed E-state index contributed by atoms with van der Waals surface area (Å²) in [7, 11) is 1.79. The van der Waals surface area contributed by atoms with E-state index < -0.39 is 30.4 Å². The standard InChI is InChI=1S/C37H56O7/c1-24(10-8-7-9-21-40-6)30-13-14-31-29-12-11-27-22-28(17-19-36(27,4)32(29)18-20-37(30,31)5)43-35-16-15-33(42-26(3)39)34(44-35)23-41-25(2)38/h10-11,15-16,28-35H,7-9,12-14,17-23H2,1-6H3/b24-10+/t28-,29-,30+,31-,32-,33+,34+,35?,36-,37+/m0/s1. The van der Waals surface area contributed by atoms with Crippen LogP contribution in [0.25, 0.3) is 0 Å². The summed E-state index contributed by atoms with van der Waals surface area (Å²) in [4.78, 5) is 23.0. The zero-order valence-electron chi connectivity index (χ0n) is 28.0. The average Bonchev–Trinajstić information content (AvgIpc) is 3.34. The van der Waals surface area contributed by atoms with E-state index in [0.717, 1.165) is 56.0 Å². The summed E-state index contributed by atoms with van der Waals surface area (Å²) in [5.41, 5.74) is 3.88. The van der Waals surface area contributed by atoms with Crippen molar-refractivity contribution >= 4 is 11.9 Å². The third-order valence-corrected chi connectivity index (χ3v) is 12.1. The number of allylic oxidation sites excluding steroid dienone is 3. The Labute approximate surface area is 265 Å². The van der Waals surface area contributed by atoms with E-state index >= 15 is 0 Å². The monoisotopic (exact) mass is 612 g/mol. The van der Waals surface area contributed by atoms with Crippen molar-refractivity contribution in [3.63, 3.8) is 0 Å². The maximum Gasteiger partial charge on any atom is 0.303 e. The van der Waals surface area contributed by atoms with Gasteiger partial charge in [0, 0.05) is 27.6 Å². The van der Waals surface area contributed by atoms with E-state index in [1.807, 2.05) is 6.08 Å². The minimum atomic E-state index is -0.605. The van der Waals surface area contributed by atoms with Gasteiger partial charge in [0.25, 0.3) is 0 Å². The molecule has 5 aliphatic rings. The van der Waals surface area contributed by atoms with E-state index in [0.29, 0.717) is 5.41 Å². The first-order chi connectivity index (χ1) is 21.0. The number of methoxy groups -OCH3 is 1. The van der Waals surface area contributed by atoms with E-state index in [4.69, 9.17) is 23.7 Å². The zero-order valence-corrected chi connectivity index (χ0v) is 28.0. The Morgan fingerprint density at radius 3 is 2.57 bits per heavy atom. The number of rotatable bonds is 11. The van der Waals surface area contributed by atoms with Gasteiger partial charge in [-0.05, 0) is 124 Å². The Balaban J connectivity index is 1.21. The molecule has 1 aliphatic heterocycles. The molecule has 7 heteroatoms. The molecule has 5 rings (SSSR count). The number of ether oxygens (including phenoxy) is 5. The minimum Gasteiger partial charge on any atom is -0.463 e. The smallest absolute Gasteiger partial charge is 0.303 e. The summed E-state index contributed by atoms with van der Waals surface area (Å²) >= 11 is 0. The molecule has 0 N–H and O–H groups in total. The molecule has 0 aromatic rings. The van der Waals surface area contributed by atoms with Crippen LogP contribution in [-0.2, 0) is 33.3 Å². The molecule has 0 spiro atoms. The molecule has 1 unspecified atom stereocenters. The number of carbonyl (C=O) groups is 2. The summed E-state index contributed by atoms with van der Waals surface area (Å²) in [5.74, 6) is 2.28. The molecule has 0 aromatic carbocycles. The van der Waals surface area contributed by atoms with E-state index in [2.05, 4.69) is 32.9 Å².